The van der Waals surface area contributed by atoms with Crippen LogP contribution in [0.1, 0.15) is 71.6 Å². The highest BCUT2D eigenvalue weighted by atomic mass is 16.3. The zero-order valence-electron chi connectivity index (χ0n) is 14.6. The van der Waals surface area contributed by atoms with E-state index in [2.05, 4.69) is 26.5 Å². The fourth-order valence-corrected chi connectivity index (χ4v) is 7.66. The maximum Gasteiger partial charge on any atom is 0.0543 e. The first-order valence-electron chi connectivity index (χ1n) is 9.79. The van der Waals surface area contributed by atoms with Gasteiger partial charge in [0.25, 0.3) is 0 Å². The fraction of sp³-hybridized carbons (Fsp3) is 0.905. The van der Waals surface area contributed by atoms with Crippen molar-refractivity contribution in [2.75, 3.05) is 0 Å². The second-order valence-electron chi connectivity index (χ2n) is 9.55. The van der Waals surface area contributed by atoms with Gasteiger partial charge in [0.05, 0.1) is 6.10 Å². The summed E-state index contributed by atoms with van der Waals surface area (Å²) in [6, 6.07) is 0. The average molecular weight is 303 g/mol. The summed E-state index contributed by atoms with van der Waals surface area (Å²) in [6.45, 7) is 9.30. The van der Waals surface area contributed by atoms with Gasteiger partial charge >= 0.3 is 0 Å². The molecule has 0 aliphatic heterocycles. The summed E-state index contributed by atoms with van der Waals surface area (Å²) in [5.41, 5.74) is 1.07. The van der Waals surface area contributed by atoms with Crippen LogP contribution in [0.3, 0.4) is 0 Å². The van der Waals surface area contributed by atoms with Crippen LogP contribution in [0, 0.1) is 40.4 Å². The number of rotatable bonds is 1. The Morgan fingerprint density at radius 3 is 2.41 bits per heavy atom. The van der Waals surface area contributed by atoms with Crippen molar-refractivity contribution in [1.82, 2.24) is 0 Å². The summed E-state index contributed by atoms with van der Waals surface area (Å²) >= 11 is 0. The third kappa shape index (κ3) is 1.93. The van der Waals surface area contributed by atoms with E-state index in [1.807, 2.05) is 0 Å². The normalized spacial score (nSPS) is 57.6. The van der Waals surface area contributed by atoms with Gasteiger partial charge in [-0.3, -0.25) is 0 Å². The van der Waals surface area contributed by atoms with Crippen LogP contribution in [0.25, 0.3) is 0 Å². The first-order chi connectivity index (χ1) is 10.5. The van der Waals surface area contributed by atoms with Gasteiger partial charge < -0.3 is 5.11 Å². The smallest absolute Gasteiger partial charge is 0.0543 e. The Kier molecular flexibility index (Phi) is 3.53. The Morgan fingerprint density at radius 2 is 1.64 bits per heavy atom. The molecule has 0 amide bonds. The topological polar surface area (TPSA) is 20.2 Å². The molecule has 0 radical (unpaired) electrons. The summed E-state index contributed by atoms with van der Waals surface area (Å²) in [4.78, 5) is 0. The first-order valence-corrected chi connectivity index (χ1v) is 9.79. The van der Waals surface area contributed by atoms with Gasteiger partial charge in [0.2, 0.25) is 0 Å². The third-order valence-electron chi connectivity index (χ3n) is 9.00. The zero-order chi connectivity index (χ0) is 15.5. The summed E-state index contributed by atoms with van der Waals surface area (Å²) in [6.07, 6.45) is 14.1. The quantitative estimate of drug-likeness (QED) is 0.661. The monoisotopic (exact) mass is 302 g/mol. The van der Waals surface area contributed by atoms with Crippen LogP contribution < -0.4 is 0 Å². The number of hydrogen-bond donors (Lipinski definition) is 1. The van der Waals surface area contributed by atoms with Crippen molar-refractivity contribution in [1.29, 1.82) is 0 Å². The number of aliphatic hydroxyl groups excluding tert-OH is 1. The van der Waals surface area contributed by atoms with E-state index in [0.29, 0.717) is 10.8 Å². The molecule has 0 aromatic heterocycles. The fourth-order valence-electron chi connectivity index (χ4n) is 7.66. The van der Waals surface area contributed by atoms with Gasteiger partial charge in [-0.1, -0.05) is 19.9 Å². The molecule has 4 rings (SSSR count). The highest BCUT2D eigenvalue weighted by Crippen LogP contribution is 2.67. The van der Waals surface area contributed by atoms with Crippen LogP contribution in [-0.4, -0.2) is 11.2 Å². The highest BCUT2D eigenvalue weighted by Gasteiger charge is 2.59. The lowest BCUT2D eigenvalue weighted by Crippen LogP contribution is -2.53. The molecule has 4 saturated carbocycles. The van der Waals surface area contributed by atoms with E-state index in [1.54, 1.807) is 0 Å². The number of hydrogen-bond acceptors (Lipinski definition) is 1. The van der Waals surface area contributed by atoms with E-state index >= 15 is 0 Å². The molecule has 8 atom stereocenters. The lowest BCUT2D eigenvalue weighted by molar-refractivity contribution is -0.124. The van der Waals surface area contributed by atoms with E-state index < -0.39 is 0 Å². The van der Waals surface area contributed by atoms with E-state index in [0.717, 1.165) is 42.4 Å². The Balaban J connectivity index is 1.62. The molecule has 4 aliphatic carbocycles. The minimum Gasteiger partial charge on any atom is -0.393 e. The summed E-state index contributed by atoms with van der Waals surface area (Å²) in [5.74, 6) is 4.38. The molecule has 0 aromatic carbocycles. The minimum atomic E-state index is -0.0138. The molecule has 4 aliphatic rings. The van der Waals surface area contributed by atoms with Crippen LogP contribution in [0.15, 0.2) is 12.7 Å². The van der Waals surface area contributed by atoms with Crippen LogP contribution in [0.2, 0.25) is 0 Å². The van der Waals surface area contributed by atoms with Crippen LogP contribution in [0.4, 0.5) is 0 Å². The van der Waals surface area contributed by atoms with E-state index in [4.69, 9.17) is 0 Å². The van der Waals surface area contributed by atoms with Crippen molar-refractivity contribution in [2.45, 2.75) is 77.7 Å². The maximum absolute atomic E-state index is 10.1. The second-order valence-corrected chi connectivity index (χ2v) is 9.55. The number of allylic oxidation sites excluding steroid dienone is 1. The zero-order valence-corrected chi connectivity index (χ0v) is 14.6. The average Bonchev–Trinajstić information content (AvgIpc) is 2.84. The second kappa shape index (κ2) is 5.10. The van der Waals surface area contributed by atoms with Crippen molar-refractivity contribution in [3.05, 3.63) is 12.7 Å². The van der Waals surface area contributed by atoms with Gasteiger partial charge in [-0.2, -0.15) is 0 Å². The molecular formula is C21H34O. The molecule has 4 fully saturated rings. The Morgan fingerprint density at radius 1 is 0.909 bits per heavy atom. The SMILES string of the molecule is C=C[C@H]1CCC2C3CCC4CC(O)CC[C@]4(C)C3CC[C@@]21C. The Labute approximate surface area is 136 Å². The van der Waals surface area contributed by atoms with Crippen molar-refractivity contribution in [3.8, 4) is 0 Å². The predicted octanol–water partition coefficient (Wildman–Crippen LogP) is 5.19. The van der Waals surface area contributed by atoms with Crippen molar-refractivity contribution in [2.24, 2.45) is 40.4 Å². The first kappa shape index (κ1) is 15.2. The third-order valence-corrected chi connectivity index (χ3v) is 9.00. The van der Waals surface area contributed by atoms with Crippen molar-refractivity contribution >= 4 is 0 Å². The highest BCUT2D eigenvalue weighted by molar-refractivity contribution is 5.11. The molecule has 5 unspecified atom stereocenters. The molecule has 0 heterocycles. The molecule has 0 aromatic rings. The lowest BCUT2D eigenvalue weighted by Gasteiger charge is -2.60. The van der Waals surface area contributed by atoms with Crippen LogP contribution >= 0.6 is 0 Å². The van der Waals surface area contributed by atoms with Crippen LogP contribution in [-0.2, 0) is 0 Å². The minimum absolute atomic E-state index is 0.0138. The molecule has 1 N–H and O–H groups in total. The van der Waals surface area contributed by atoms with Gasteiger partial charge in [0, 0.05) is 0 Å². The molecule has 1 nitrogen and oxygen atoms in total. The molecule has 1 heteroatoms. The largest absolute Gasteiger partial charge is 0.393 e. The van der Waals surface area contributed by atoms with Gasteiger partial charge in [-0.15, -0.1) is 6.58 Å². The van der Waals surface area contributed by atoms with E-state index in [1.165, 1.54) is 44.9 Å². The molecule has 0 spiro atoms. The van der Waals surface area contributed by atoms with Crippen molar-refractivity contribution in [3.63, 3.8) is 0 Å². The standard InChI is InChI=1S/C21H34O/c1-4-14-6-8-18-17-7-5-15-13-16(22)9-11-21(15,3)19(17)10-12-20(14,18)2/h4,14-19,22H,1,5-13H2,2-3H3/t14-,15?,16?,17?,18?,19?,20+,21-/m0/s1. The summed E-state index contributed by atoms with van der Waals surface area (Å²) < 4.78 is 0. The molecule has 0 saturated heterocycles. The Hall–Kier alpha value is -0.300. The maximum atomic E-state index is 10.1. The van der Waals surface area contributed by atoms with E-state index in [9.17, 15) is 5.11 Å². The van der Waals surface area contributed by atoms with Crippen LogP contribution in [0.5, 0.6) is 0 Å². The predicted molar refractivity (Wildman–Crippen MR) is 91.4 cm³/mol. The molecule has 124 valence electrons. The Bertz CT molecular complexity index is 457. The number of fused-ring (bicyclic) bond motifs is 5. The molecule has 0 bridgehead atoms. The van der Waals surface area contributed by atoms with Crippen molar-refractivity contribution < 1.29 is 5.11 Å². The number of aliphatic hydroxyl groups is 1. The van der Waals surface area contributed by atoms with E-state index in [-0.39, 0.29) is 6.10 Å². The van der Waals surface area contributed by atoms with Gasteiger partial charge in [-0.05, 0) is 98.2 Å². The molecule has 22 heavy (non-hydrogen) atoms. The van der Waals surface area contributed by atoms with Gasteiger partial charge in [0.1, 0.15) is 0 Å². The summed E-state index contributed by atoms with van der Waals surface area (Å²) in [7, 11) is 0. The lowest BCUT2D eigenvalue weighted by atomic mass is 9.44. The summed E-state index contributed by atoms with van der Waals surface area (Å²) in [5, 5.41) is 10.1. The van der Waals surface area contributed by atoms with Gasteiger partial charge in [-0.25, -0.2) is 0 Å². The van der Waals surface area contributed by atoms with Gasteiger partial charge in [0.15, 0.2) is 0 Å². The molecular weight excluding hydrogens is 268 g/mol.